The van der Waals surface area contributed by atoms with Crippen LogP contribution in [-0.4, -0.2) is 53.2 Å². The van der Waals surface area contributed by atoms with Gasteiger partial charge < -0.3 is 24.8 Å². The molecular formula is C30H28ClN5O5. The SMILES string of the molecule is COC(=O)c1ccc(NC(=O)Cc2ccc(Oc3ccnc(Cc4ccc(Cl)cc4)n3)cc2)c(NC[C@@H]2CCO2)n1. The third kappa shape index (κ3) is 7.77. The van der Waals surface area contributed by atoms with Crippen molar-refractivity contribution in [2.75, 3.05) is 30.9 Å². The van der Waals surface area contributed by atoms with Crippen LogP contribution in [0.1, 0.15) is 33.9 Å². The zero-order valence-corrected chi connectivity index (χ0v) is 23.1. The number of aromatic nitrogens is 3. The predicted molar refractivity (Wildman–Crippen MR) is 154 cm³/mol. The van der Waals surface area contributed by atoms with Crippen LogP contribution in [0.4, 0.5) is 11.5 Å². The van der Waals surface area contributed by atoms with Gasteiger partial charge in [0, 0.05) is 36.9 Å². The summed E-state index contributed by atoms with van der Waals surface area (Å²) in [5.74, 6) is 1.20. The predicted octanol–water partition coefficient (Wildman–Crippen LogP) is 5.08. The van der Waals surface area contributed by atoms with Gasteiger partial charge in [-0.25, -0.2) is 14.8 Å². The number of amides is 1. The van der Waals surface area contributed by atoms with Crippen LogP contribution in [0.15, 0.2) is 72.9 Å². The number of ether oxygens (including phenoxy) is 3. The minimum absolute atomic E-state index is 0.0697. The second kappa shape index (κ2) is 13.2. The van der Waals surface area contributed by atoms with Crippen molar-refractivity contribution < 1.29 is 23.8 Å². The first-order valence-electron chi connectivity index (χ1n) is 13.0. The number of anilines is 2. The second-order valence-corrected chi connectivity index (χ2v) is 9.77. The zero-order chi connectivity index (χ0) is 28.6. The van der Waals surface area contributed by atoms with Crippen LogP contribution in [0.5, 0.6) is 11.6 Å². The van der Waals surface area contributed by atoms with Gasteiger partial charge in [0.15, 0.2) is 11.5 Å². The Bertz CT molecular complexity index is 1510. The Morgan fingerprint density at radius 2 is 1.76 bits per heavy atom. The number of carbonyl (C=O) groups excluding carboxylic acids is 2. The van der Waals surface area contributed by atoms with Crippen molar-refractivity contribution in [2.24, 2.45) is 0 Å². The summed E-state index contributed by atoms with van der Waals surface area (Å²) in [5, 5.41) is 6.71. The fraction of sp³-hybridized carbons (Fsp3) is 0.233. The first kappa shape index (κ1) is 28.0. The molecule has 1 saturated heterocycles. The van der Waals surface area contributed by atoms with Crippen molar-refractivity contribution in [1.29, 1.82) is 0 Å². The molecule has 11 heteroatoms. The lowest BCUT2D eigenvalue weighted by Crippen LogP contribution is -2.34. The molecule has 5 rings (SSSR count). The molecule has 1 aliphatic heterocycles. The molecule has 2 N–H and O–H groups in total. The van der Waals surface area contributed by atoms with Gasteiger partial charge in [-0.15, -0.1) is 0 Å². The van der Waals surface area contributed by atoms with Gasteiger partial charge >= 0.3 is 5.97 Å². The quantitative estimate of drug-likeness (QED) is 0.236. The van der Waals surface area contributed by atoms with E-state index in [1.54, 1.807) is 30.5 Å². The van der Waals surface area contributed by atoms with E-state index < -0.39 is 5.97 Å². The van der Waals surface area contributed by atoms with E-state index in [9.17, 15) is 9.59 Å². The average Bonchev–Trinajstić information content (AvgIpc) is 2.95. The molecule has 0 saturated carbocycles. The lowest BCUT2D eigenvalue weighted by Gasteiger charge is -2.27. The Hall–Kier alpha value is -4.54. The van der Waals surface area contributed by atoms with E-state index in [1.807, 2.05) is 36.4 Å². The first-order valence-corrected chi connectivity index (χ1v) is 13.4. The van der Waals surface area contributed by atoms with Crippen LogP contribution >= 0.6 is 11.6 Å². The van der Waals surface area contributed by atoms with Gasteiger partial charge in [0.25, 0.3) is 0 Å². The summed E-state index contributed by atoms with van der Waals surface area (Å²) in [4.78, 5) is 37.9. The highest BCUT2D eigenvalue weighted by Gasteiger charge is 2.20. The van der Waals surface area contributed by atoms with Crippen LogP contribution in [0.2, 0.25) is 5.02 Å². The van der Waals surface area contributed by atoms with E-state index in [0.717, 1.165) is 24.2 Å². The summed E-state index contributed by atoms with van der Waals surface area (Å²) < 4.78 is 16.1. The number of hydrogen-bond acceptors (Lipinski definition) is 9. The van der Waals surface area contributed by atoms with Crippen molar-refractivity contribution >= 4 is 35.0 Å². The molecule has 0 bridgehead atoms. The number of hydrogen-bond donors (Lipinski definition) is 2. The molecule has 4 aromatic rings. The lowest BCUT2D eigenvalue weighted by molar-refractivity contribution is -0.115. The Balaban J connectivity index is 1.19. The molecule has 0 aliphatic carbocycles. The van der Waals surface area contributed by atoms with Gasteiger partial charge in [-0.2, -0.15) is 4.98 Å². The molecule has 3 heterocycles. The second-order valence-electron chi connectivity index (χ2n) is 9.33. The molecule has 0 spiro atoms. The van der Waals surface area contributed by atoms with Crippen LogP contribution < -0.4 is 15.4 Å². The molecule has 10 nitrogen and oxygen atoms in total. The van der Waals surface area contributed by atoms with Crippen LogP contribution in [-0.2, 0) is 27.1 Å². The van der Waals surface area contributed by atoms with Gasteiger partial charge in [0.05, 0.1) is 25.3 Å². The number of nitrogens with zero attached hydrogens (tertiary/aromatic N) is 3. The molecule has 1 amide bonds. The summed E-state index contributed by atoms with van der Waals surface area (Å²) in [7, 11) is 1.29. The summed E-state index contributed by atoms with van der Waals surface area (Å²) >= 11 is 5.96. The van der Waals surface area contributed by atoms with Gasteiger partial charge in [0.2, 0.25) is 11.8 Å². The van der Waals surface area contributed by atoms with Crippen molar-refractivity contribution in [3.05, 3.63) is 101 Å². The topological polar surface area (TPSA) is 125 Å². The largest absolute Gasteiger partial charge is 0.464 e. The van der Waals surface area contributed by atoms with Crippen molar-refractivity contribution in [3.63, 3.8) is 0 Å². The highest BCUT2D eigenvalue weighted by Crippen LogP contribution is 2.24. The van der Waals surface area contributed by atoms with Gasteiger partial charge in [-0.1, -0.05) is 35.9 Å². The molecule has 2 aromatic carbocycles. The molecule has 210 valence electrons. The van der Waals surface area contributed by atoms with Crippen LogP contribution in [0.3, 0.4) is 0 Å². The van der Waals surface area contributed by atoms with E-state index in [4.69, 9.17) is 25.8 Å². The Labute approximate surface area is 242 Å². The maximum atomic E-state index is 12.9. The molecule has 0 radical (unpaired) electrons. The van der Waals surface area contributed by atoms with E-state index in [0.29, 0.717) is 46.9 Å². The number of nitrogens with one attached hydrogen (secondary N) is 2. The third-order valence-electron chi connectivity index (χ3n) is 6.32. The number of pyridine rings is 1. The summed E-state index contributed by atoms with van der Waals surface area (Å²) in [6.07, 6.45) is 3.34. The molecule has 1 aliphatic rings. The minimum atomic E-state index is -0.562. The normalized spacial score (nSPS) is 14.0. The number of esters is 1. The molecule has 2 aromatic heterocycles. The number of benzene rings is 2. The Morgan fingerprint density at radius 3 is 2.46 bits per heavy atom. The number of halogens is 1. The van der Waals surface area contributed by atoms with Gasteiger partial charge in [0.1, 0.15) is 11.6 Å². The Kier molecular flexibility index (Phi) is 9.02. The van der Waals surface area contributed by atoms with E-state index in [-0.39, 0.29) is 24.1 Å². The third-order valence-corrected chi connectivity index (χ3v) is 6.57. The maximum absolute atomic E-state index is 12.9. The number of rotatable bonds is 11. The highest BCUT2D eigenvalue weighted by molar-refractivity contribution is 6.30. The zero-order valence-electron chi connectivity index (χ0n) is 22.3. The lowest BCUT2D eigenvalue weighted by atomic mass is 10.1. The fourth-order valence-electron chi connectivity index (χ4n) is 4.05. The van der Waals surface area contributed by atoms with Crippen molar-refractivity contribution in [1.82, 2.24) is 15.0 Å². The average molecular weight is 574 g/mol. The van der Waals surface area contributed by atoms with Crippen LogP contribution in [0.25, 0.3) is 0 Å². The summed E-state index contributed by atoms with van der Waals surface area (Å²) in [6, 6.07) is 19.5. The van der Waals surface area contributed by atoms with Crippen molar-refractivity contribution in [2.45, 2.75) is 25.4 Å². The van der Waals surface area contributed by atoms with Crippen molar-refractivity contribution in [3.8, 4) is 11.6 Å². The van der Waals surface area contributed by atoms with Gasteiger partial charge in [-0.05, 0) is 53.9 Å². The fourth-order valence-corrected chi connectivity index (χ4v) is 4.18. The molecular weight excluding hydrogens is 546 g/mol. The number of methoxy groups -OCH3 is 1. The molecule has 1 atom stereocenters. The van der Waals surface area contributed by atoms with Gasteiger partial charge in [-0.3, -0.25) is 4.79 Å². The molecule has 41 heavy (non-hydrogen) atoms. The minimum Gasteiger partial charge on any atom is -0.464 e. The maximum Gasteiger partial charge on any atom is 0.356 e. The standard InChI is InChI=1S/C30H28ClN5O5/c1-39-30(38)25-11-10-24(29(35-25)33-18-23-13-15-40-23)34-27(37)17-20-4-8-22(9-5-20)41-28-12-14-32-26(36-28)16-19-2-6-21(31)7-3-19/h2-12,14,23H,13,15-18H2,1H3,(H,33,35)(H,34,37)/t23-/m0/s1. The van der Waals surface area contributed by atoms with E-state index in [1.165, 1.54) is 13.2 Å². The van der Waals surface area contributed by atoms with E-state index >= 15 is 0 Å². The Morgan fingerprint density at radius 1 is 1.00 bits per heavy atom. The first-order chi connectivity index (χ1) is 19.9. The molecule has 0 unspecified atom stereocenters. The highest BCUT2D eigenvalue weighted by atomic mass is 35.5. The summed E-state index contributed by atoms with van der Waals surface area (Å²) in [5.41, 5.74) is 2.43. The summed E-state index contributed by atoms with van der Waals surface area (Å²) in [6.45, 7) is 1.23. The number of carbonyl (C=O) groups is 2. The van der Waals surface area contributed by atoms with Crippen LogP contribution in [0, 0.1) is 0 Å². The smallest absolute Gasteiger partial charge is 0.356 e. The molecule has 1 fully saturated rings. The van der Waals surface area contributed by atoms with E-state index in [2.05, 4.69) is 25.6 Å². The monoisotopic (exact) mass is 573 g/mol.